The van der Waals surface area contributed by atoms with Crippen LogP contribution in [0.2, 0.25) is 0 Å². The highest BCUT2D eigenvalue weighted by atomic mass is 31.2. The summed E-state index contributed by atoms with van der Waals surface area (Å²) in [5.41, 5.74) is 0. The molecule has 0 radical (unpaired) electrons. The van der Waals surface area contributed by atoms with Crippen molar-refractivity contribution in [3.8, 4) is 0 Å². The maximum atomic E-state index is 12.8. The Bertz CT molecular complexity index is 1230. The summed E-state index contributed by atoms with van der Waals surface area (Å²) in [4.78, 5) is 35.5. The van der Waals surface area contributed by atoms with Crippen LogP contribution >= 0.6 is 7.82 Å². The number of carbonyl (C=O) groups excluding carboxylic acids is 2. The Hall–Kier alpha value is -2.45. The van der Waals surface area contributed by atoms with Gasteiger partial charge in [0.1, 0.15) is 43.2 Å². The molecule has 328 valence electrons. The number of phosphoric acid groups is 1. The Balaban J connectivity index is 2.54. The molecule has 57 heavy (non-hydrogen) atoms. The highest BCUT2D eigenvalue weighted by molar-refractivity contribution is 7.47. The molecular formula is C43H73O13P. The lowest BCUT2D eigenvalue weighted by Crippen LogP contribution is -2.64. The predicted octanol–water partition coefficient (Wildman–Crippen LogP) is 7.38. The number of aliphatic hydroxyl groups excluding tert-OH is 5. The molecule has 0 aromatic heterocycles. The van der Waals surface area contributed by atoms with Crippen LogP contribution in [0.3, 0.4) is 0 Å². The van der Waals surface area contributed by atoms with Gasteiger partial charge in [-0.2, -0.15) is 0 Å². The van der Waals surface area contributed by atoms with Gasteiger partial charge in [-0.25, -0.2) is 4.57 Å². The van der Waals surface area contributed by atoms with E-state index >= 15 is 0 Å². The fourth-order valence-corrected chi connectivity index (χ4v) is 6.82. The van der Waals surface area contributed by atoms with Gasteiger partial charge in [0.15, 0.2) is 6.10 Å². The van der Waals surface area contributed by atoms with E-state index in [9.17, 15) is 44.6 Å². The van der Waals surface area contributed by atoms with Crippen molar-refractivity contribution in [2.75, 3.05) is 13.2 Å². The van der Waals surface area contributed by atoms with Gasteiger partial charge >= 0.3 is 19.8 Å². The van der Waals surface area contributed by atoms with Crippen molar-refractivity contribution >= 4 is 19.8 Å². The molecule has 0 bridgehead atoms. The van der Waals surface area contributed by atoms with E-state index in [-0.39, 0.29) is 12.8 Å². The van der Waals surface area contributed by atoms with E-state index in [4.69, 9.17) is 18.5 Å². The highest BCUT2D eigenvalue weighted by Crippen LogP contribution is 2.47. The Labute approximate surface area is 341 Å². The number of esters is 2. The third-order valence-corrected chi connectivity index (χ3v) is 10.3. The quantitative estimate of drug-likeness (QED) is 0.0165. The van der Waals surface area contributed by atoms with Crippen molar-refractivity contribution in [1.29, 1.82) is 0 Å². The maximum Gasteiger partial charge on any atom is 0.472 e. The van der Waals surface area contributed by atoms with Crippen molar-refractivity contribution < 1.29 is 63.1 Å². The molecule has 1 rings (SSSR count). The zero-order chi connectivity index (χ0) is 42.2. The van der Waals surface area contributed by atoms with Crippen molar-refractivity contribution in [2.45, 2.75) is 185 Å². The first-order valence-electron chi connectivity index (χ1n) is 21.1. The molecule has 13 nitrogen and oxygen atoms in total. The highest BCUT2D eigenvalue weighted by Gasteiger charge is 2.51. The first kappa shape index (κ1) is 52.6. The zero-order valence-corrected chi connectivity index (χ0v) is 35.3. The fraction of sp³-hybridized carbons (Fsp3) is 0.721. The molecule has 0 aromatic rings. The van der Waals surface area contributed by atoms with Gasteiger partial charge < -0.3 is 39.9 Å². The summed E-state index contributed by atoms with van der Waals surface area (Å²) in [6, 6.07) is 0. The van der Waals surface area contributed by atoms with E-state index in [1.807, 2.05) is 0 Å². The largest absolute Gasteiger partial charge is 0.472 e. The SMILES string of the molecule is CCC/C=C/C/C=C/C/C=C/C/C=C/CCCCCC(=O)O[C@H](COC(=O)CCCCCCC/C=C/CCCC)COP(=O)(O)OC1C(O)C(O)C(O)[C@@H](O)C1O. The second-order valence-corrected chi connectivity index (χ2v) is 15.9. The van der Waals surface area contributed by atoms with Gasteiger partial charge in [-0.1, -0.05) is 120 Å². The van der Waals surface area contributed by atoms with E-state index in [0.29, 0.717) is 12.8 Å². The second kappa shape index (κ2) is 33.4. The summed E-state index contributed by atoms with van der Waals surface area (Å²) in [5.74, 6) is -1.15. The lowest BCUT2D eigenvalue weighted by molar-refractivity contribution is -0.220. The minimum atomic E-state index is -5.13. The number of hydrogen-bond donors (Lipinski definition) is 6. The van der Waals surface area contributed by atoms with Crippen LogP contribution in [0.25, 0.3) is 0 Å². The van der Waals surface area contributed by atoms with Gasteiger partial charge in [-0.3, -0.25) is 18.6 Å². The number of rotatable bonds is 33. The first-order chi connectivity index (χ1) is 27.4. The van der Waals surface area contributed by atoms with Crippen LogP contribution in [-0.4, -0.2) is 98.3 Å². The Morgan fingerprint density at radius 1 is 0.544 bits per heavy atom. The molecule has 0 spiro atoms. The Morgan fingerprint density at radius 3 is 1.54 bits per heavy atom. The minimum absolute atomic E-state index is 0.0548. The number of carbonyl (C=O) groups is 2. The summed E-state index contributed by atoms with van der Waals surface area (Å²) in [6.45, 7) is 3.12. The van der Waals surface area contributed by atoms with Crippen LogP contribution in [0.4, 0.5) is 0 Å². The normalized spacial score (nSPS) is 23.3. The van der Waals surface area contributed by atoms with E-state index in [0.717, 1.165) is 83.5 Å². The van der Waals surface area contributed by atoms with E-state index in [2.05, 4.69) is 74.6 Å². The molecule has 0 aliphatic heterocycles. The van der Waals surface area contributed by atoms with E-state index < -0.39 is 75.7 Å². The van der Waals surface area contributed by atoms with Gasteiger partial charge in [0, 0.05) is 12.8 Å². The molecule has 6 unspecified atom stereocenters. The summed E-state index contributed by atoms with van der Waals surface area (Å²) in [6.07, 6.45) is 25.7. The predicted molar refractivity (Wildman–Crippen MR) is 221 cm³/mol. The maximum absolute atomic E-state index is 12.8. The second-order valence-electron chi connectivity index (χ2n) is 14.5. The molecular weight excluding hydrogens is 755 g/mol. The topological polar surface area (TPSA) is 210 Å². The molecule has 8 atom stereocenters. The van der Waals surface area contributed by atoms with Gasteiger partial charge in [0.2, 0.25) is 0 Å². The third-order valence-electron chi connectivity index (χ3n) is 9.31. The Kier molecular flexibility index (Phi) is 30.8. The molecule has 0 amide bonds. The van der Waals surface area contributed by atoms with Crippen LogP contribution in [0.5, 0.6) is 0 Å². The summed E-state index contributed by atoms with van der Waals surface area (Å²) in [5, 5.41) is 50.0. The Morgan fingerprint density at radius 2 is 0.982 bits per heavy atom. The van der Waals surface area contributed by atoms with Gasteiger partial charge in [-0.05, 0) is 70.6 Å². The number of ether oxygens (including phenoxy) is 2. The van der Waals surface area contributed by atoms with Gasteiger partial charge in [-0.15, -0.1) is 0 Å². The van der Waals surface area contributed by atoms with Crippen LogP contribution in [-0.2, 0) is 32.7 Å². The fourth-order valence-electron chi connectivity index (χ4n) is 5.85. The summed E-state index contributed by atoms with van der Waals surface area (Å²) in [7, 11) is -5.13. The molecule has 0 heterocycles. The average molecular weight is 829 g/mol. The standard InChI is InChI=1S/C43H73O13P/c1-3-5-7-9-11-13-15-16-17-18-19-20-22-24-26-28-30-32-37(45)55-35(33-53-36(44)31-29-27-25-23-21-14-12-10-8-6-4-2)34-54-57(51,52)56-43-41(49)39(47)38(46)40(48)42(43)50/h7,9-10,12-13,15,17-18,20,22,35,38-43,46-50H,3-6,8,11,14,16,19,21,23-34H2,1-2H3,(H,51,52)/b9-7+,12-10+,15-13+,18-17+,22-20+/t35-,38?,39-,40?,41?,42?,43?/m1/s1. The number of allylic oxidation sites excluding steroid dienone is 10. The van der Waals surface area contributed by atoms with Gasteiger partial charge in [0.25, 0.3) is 0 Å². The van der Waals surface area contributed by atoms with Crippen LogP contribution < -0.4 is 0 Å². The van der Waals surface area contributed by atoms with Gasteiger partial charge in [0.05, 0.1) is 6.61 Å². The molecule has 0 aromatic carbocycles. The minimum Gasteiger partial charge on any atom is -0.462 e. The smallest absolute Gasteiger partial charge is 0.462 e. The molecule has 6 N–H and O–H groups in total. The molecule has 0 saturated heterocycles. The molecule has 1 saturated carbocycles. The van der Waals surface area contributed by atoms with Crippen molar-refractivity contribution in [2.24, 2.45) is 0 Å². The van der Waals surface area contributed by atoms with Crippen LogP contribution in [0.15, 0.2) is 60.8 Å². The summed E-state index contributed by atoms with van der Waals surface area (Å²) < 4.78 is 33.4. The molecule has 1 fully saturated rings. The lowest BCUT2D eigenvalue weighted by Gasteiger charge is -2.41. The average Bonchev–Trinajstić information content (AvgIpc) is 3.19. The summed E-state index contributed by atoms with van der Waals surface area (Å²) >= 11 is 0. The van der Waals surface area contributed by atoms with Crippen LogP contribution in [0, 0.1) is 0 Å². The van der Waals surface area contributed by atoms with E-state index in [1.165, 1.54) is 19.3 Å². The molecule has 14 heteroatoms. The molecule has 1 aliphatic carbocycles. The van der Waals surface area contributed by atoms with E-state index in [1.54, 1.807) is 0 Å². The van der Waals surface area contributed by atoms with Crippen molar-refractivity contribution in [3.05, 3.63) is 60.8 Å². The number of aliphatic hydroxyl groups is 5. The monoisotopic (exact) mass is 828 g/mol. The van der Waals surface area contributed by atoms with Crippen molar-refractivity contribution in [3.63, 3.8) is 0 Å². The number of phosphoric ester groups is 1. The number of unbranched alkanes of at least 4 members (excludes halogenated alkanes) is 11. The lowest BCUT2D eigenvalue weighted by atomic mass is 9.85. The first-order valence-corrected chi connectivity index (χ1v) is 22.6. The van der Waals surface area contributed by atoms with Crippen LogP contribution in [0.1, 0.15) is 142 Å². The molecule has 1 aliphatic rings. The van der Waals surface area contributed by atoms with Crippen molar-refractivity contribution in [1.82, 2.24) is 0 Å². The number of hydrogen-bond acceptors (Lipinski definition) is 12. The zero-order valence-electron chi connectivity index (χ0n) is 34.4. The third kappa shape index (κ3) is 26.3.